The molecule has 9 N–H and O–H groups in total. The van der Waals surface area contributed by atoms with E-state index in [9.17, 15) is 45.6 Å². The fourth-order valence-electron chi connectivity index (χ4n) is 9.89. The number of hydrogen-bond donors (Lipinski definition) is 9. The summed E-state index contributed by atoms with van der Waals surface area (Å²) in [6, 6.07) is -0.938. The number of aliphatic hydroxyl groups excluding tert-OH is 8. The molecule has 78 heavy (non-hydrogen) atoms. The van der Waals surface area contributed by atoms with Crippen LogP contribution < -0.4 is 5.32 Å². The van der Waals surface area contributed by atoms with Crippen LogP contribution in [0.15, 0.2) is 72.9 Å². The highest BCUT2D eigenvalue weighted by Gasteiger charge is 2.51. The highest BCUT2D eigenvalue weighted by atomic mass is 16.7. The molecule has 2 saturated heterocycles. The fraction of sp³-hybridized carbons (Fsp3) is 0.797. The van der Waals surface area contributed by atoms with Crippen LogP contribution in [-0.2, 0) is 23.7 Å². The Morgan fingerprint density at radius 1 is 0.474 bits per heavy atom. The van der Waals surface area contributed by atoms with Gasteiger partial charge in [0.25, 0.3) is 0 Å². The summed E-state index contributed by atoms with van der Waals surface area (Å²) >= 11 is 0. The predicted octanol–water partition coefficient (Wildman–Crippen LogP) is 11.1. The van der Waals surface area contributed by atoms with E-state index >= 15 is 0 Å². The molecule has 14 nitrogen and oxygen atoms in total. The Kier molecular flexibility index (Phi) is 45.0. The molecule has 2 heterocycles. The molecular weight excluding hydrogens is 991 g/mol. The van der Waals surface area contributed by atoms with Crippen molar-refractivity contribution in [3.8, 4) is 0 Å². The van der Waals surface area contributed by atoms with E-state index in [-0.39, 0.29) is 18.9 Å². The number of amides is 1. The number of rotatable bonds is 49. The quantitative estimate of drug-likeness (QED) is 0.0204. The number of nitrogens with one attached hydrogen (secondary N) is 1. The van der Waals surface area contributed by atoms with E-state index in [1.165, 1.54) is 135 Å². The lowest BCUT2D eigenvalue weighted by Gasteiger charge is -2.46. The Balaban J connectivity index is 1.77. The van der Waals surface area contributed by atoms with Crippen LogP contribution in [0.3, 0.4) is 0 Å². The molecule has 14 heteroatoms. The largest absolute Gasteiger partial charge is 0.394 e. The summed E-state index contributed by atoms with van der Waals surface area (Å²) in [5.41, 5.74) is 0. The van der Waals surface area contributed by atoms with Gasteiger partial charge in [0.1, 0.15) is 48.8 Å². The number of carbonyl (C=O) groups excluding carboxylic acids is 1. The standard InChI is InChI=1S/C64H113NO13/c1-3-5-7-9-11-13-15-17-19-21-23-25-26-28-30-32-34-36-38-40-42-44-46-48-56(69)65-52(53(68)47-45-43-41-39-37-35-33-31-29-27-24-22-20-18-16-14-12-10-8-6-4-2)51-75-63-61(74)59(72)62(55(50-67)77-63)78-64-60(73)58(71)57(70)54(49-66)76-64/h5,7,11,13,17,19,23,25,37,39,45,47,52-55,57-64,66-68,70-74H,3-4,6,8-10,12,14-16,18,20-22,24,26-36,38,40-44,46,48-51H2,1-2H3,(H,65,69)/b7-5-,13-11-,19-17-,25-23-,39-37+,47-45+. The molecule has 2 aliphatic rings. The SMILES string of the molecule is CC/C=C\C/C=C\C/C=C\C/C=C\CCCCCCCCCCCCC(=O)NC(COC1OC(CO)C(OC2OC(CO)C(O)C(O)C2O)C(O)C1O)C(O)/C=C/CC/C=C/CCCCCCCCCCCCCCCCC. The van der Waals surface area contributed by atoms with Crippen LogP contribution in [0.5, 0.6) is 0 Å². The number of unbranched alkanes of at least 4 members (excludes halogenated alkanes) is 26. The van der Waals surface area contributed by atoms with Crippen molar-refractivity contribution in [2.75, 3.05) is 19.8 Å². The second-order valence-electron chi connectivity index (χ2n) is 21.8. The molecular formula is C64H113NO13. The van der Waals surface area contributed by atoms with Crippen molar-refractivity contribution in [2.45, 2.75) is 306 Å². The molecule has 0 radical (unpaired) electrons. The molecule has 2 rings (SSSR count). The maximum atomic E-state index is 13.3. The molecule has 0 aromatic carbocycles. The Bertz CT molecular complexity index is 1580. The van der Waals surface area contributed by atoms with Crippen LogP contribution in [0.4, 0.5) is 0 Å². The van der Waals surface area contributed by atoms with Crippen LogP contribution >= 0.6 is 0 Å². The zero-order chi connectivity index (χ0) is 56.7. The zero-order valence-corrected chi connectivity index (χ0v) is 48.6. The smallest absolute Gasteiger partial charge is 0.220 e. The van der Waals surface area contributed by atoms with Crippen LogP contribution in [0, 0.1) is 0 Å². The first-order valence-corrected chi connectivity index (χ1v) is 31.2. The normalized spacial score (nSPS) is 25.1. The highest BCUT2D eigenvalue weighted by molar-refractivity contribution is 5.76. The predicted molar refractivity (Wildman–Crippen MR) is 313 cm³/mol. The van der Waals surface area contributed by atoms with Gasteiger partial charge in [0, 0.05) is 6.42 Å². The highest BCUT2D eigenvalue weighted by Crippen LogP contribution is 2.30. The van der Waals surface area contributed by atoms with Gasteiger partial charge in [0.05, 0.1) is 32.0 Å². The first-order chi connectivity index (χ1) is 38.1. The van der Waals surface area contributed by atoms with Crippen molar-refractivity contribution in [2.24, 2.45) is 0 Å². The minimum absolute atomic E-state index is 0.255. The molecule has 0 bridgehead atoms. The lowest BCUT2D eigenvalue weighted by molar-refractivity contribution is -0.359. The van der Waals surface area contributed by atoms with Crippen LogP contribution in [0.25, 0.3) is 0 Å². The van der Waals surface area contributed by atoms with Crippen LogP contribution in [0.2, 0.25) is 0 Å². The number of hydrogen-bond acceptors (Lipinski definition) is 13. The fourth-order valence-corrected chi connectivity index (χ4v) is 9.89. The van der Waals surface area contributed by atoms with Crippen LogP contribution in [0.1, 0.15) is 232 Å². The molecule has 0 aliphatic carbocycles. The van der Waals surface area contributed by atoms with Crippen molar-refractivity contribution in [3.63, 3.8) is 0 Å². The van der Waals surface area contributed by atoms with Gasteiger partial charge in [-0.25, -0.2) is 0 Å². The summed E-state index contributed by atoms with van der Waals surface area (Å²) in [4.78, 5) is 13.3. The molecule has 2 aliphatic heterocycles. The minimum Gasteiger partial charge on any atom is -0.394 e. The third kappa shape index (κ3) is 34.0. The van der Waals surface area contributed by atoms with E-state index in [2.05, 4.69) is 79.9 Å². The van der Waals surface area contributed by atoms with Crippen LogP contribution in [-0.4, -0.2) is 140 Å². The first kappa shape index (κ1) is 71.5. The maximum absolute atomic E-state index is 13.3. The van der Waals surface area contributed by atoms with Gasteiger partial charge in [0.15, 0.2) is 12.6 Å². The Morgan fingerprint density at radius 2 is 0.897 bits per heavy atom. The van der Waals surface area contributed by atoms with Gasteiger partial charge in [0.2, 0.25) is 5.91 Å². The van der Waals surface area contributed by atoms with E-state index in [0.717, 1.165) is 64.2 Å². The summed E-state index contributed by atoms with van der Waals surface area (Å²) in [5, 5.41) is 87.2. The first-order valence-electron chi connectivity index (χ1n) is 31.2. The van der Waals surface area contributed by atoms with Crippen molar-refractivity contribution < 1.29 is 64.6 Å². The molecule has 0 aromatic rings. The molecule has 12 atom stereocenters. The summed E-state index contributed by atoms with van der Waals surface area (Å²) in [5.74, 6) is -0.255. The van der Waals surface area contributed by atoms with E-state index in [1.807, 2.05) is 6.08 Å². The van der Waals surface area contributed by atoms with E-state index in [4.69, 9.17) is 18.9 Å². The van der Waals surface area contributed by atoms with Crippen molar-refractivity contribution >= 4 is 5.91 Å². The Morgan fingerprint density at radius 3 is 1.41 bits per heavy atom. The number of aliphatic hydroxyl groups is 8. The van der Waals surface area contributed by atoms with Gasteiger partial charge >= 0.3 is 0 Å². The Hall–Kier alpha value is -2.57. The van der Waals surface area contributed by atoms with Gasteiger partial charge in [-0.2, -0.15) is 0 Å². The minimum atomic E-state index is -1.79. The van der Waals surface area contributed by atoms with Gasteiger partial charge in [-0.15, -0.1) is 0 Å². The maximum Gasteiger partial charge on any atom is 0.220 e. The van der Waals surface area contributed by atoms with Gasteiger partial charge < -0.3 is 65.1 Å². The zero-order valence-electron chi connectivity index (χ0n) is 48.6. The number of ether oxygens (including phenoxy) is 4. The van der Waals surface area contributed by atoms with Crippen molar-refractivity contribution in [1.82, 2.24) is 5.32 Å². The van der Waals surface area contributed by atoms with E-state index < -0.39 is 86.8 Å². The number of allylic oxidation sites excluding steroid dienone is 11. The third-order valence-electron chi connectivity index (χ3n) is 14.9. The average molecular weight is 1100 g/mol. The molecule has 0 saturated carbocycles. The van der Waals surface area contributed by atoms with Gasteiger partial charge in [-0.3, -0.25) is 4.79 Å². The second kappa shape index (κ2) is 49.1. The lowest BCUT2D eigenvalue weighted by Crippen LogP contribution is -2.65. The Labute approximate surface area is 472 Å². The van der Waals surface area contributed by atoms with E-state index in [1.54, 1.807) is 6.08 Å². The lowest BCUT2D eigenvalue weighted by atomic mass is 9.97. The van der Waals surface area contributed by atoms with Gasteiger partial charge in [-0.1, -0.05) is 228 Å². The summed E-state index contributed by atoms with van der Waals surface area (Å²) < 4.78 is 22.8. The molecule has 12 unspecified atom stereocenters. The topological polar surface area (TPSA) is 228 Å². The summed E-state index contributed by atoms with van der Waals surface area (Å²) in [6.45, 7) is 2.68. The van der Waals surface area contributed by atoms with Gasteiger partial charge in [-0.05, 0) is 70.6 Å². The molecule has 1 amide bonds. The molecule has 2 fully saturated rings. The van der Waals surface area contributed by atoms with E-state index in [0.29, 0.717) is 12.8 Å². The molecule has 452 valence electrons. The second-order valence-corrected chi connectivity index (χ2v) is 21.8. The number of carbonyl (C=O) groups is 1. The summed E-state index contributed by atoms with van der Waals surface area (Å²) in [6.07, 6.45) is 47.9. The monoisotopic (exact) mass is 1100 g/mol. The van der Waals surface area contributed by atoms with Crippen molar-refractivity contribution in [1.29, 1.82) is 0 Å². The molecule has 0 spiro atoms. The molecule has 0 aromatic heterocycles. The van der Waals surface area contributed by atoms with Crippen molar-refractivity contribution in [3.05, 3.63) is 72.9 Å². The summed E-state index contributed by atoms with van der Waals surface area (Å²) in [7, 11) is 0. The average Bonchev–Trinajstić information content (AvgIpc) is 3.48. The third-order valence-corrected chi connectivity index (χ3v) is 14.9.